The number of piperazine rings is 1. The van der Waals surface area contributed by atoms with Crippen molar-refractivity contribution in [3.05, 3.63) is 154 Å². The van der Waals surface area contributed by atoms with Crippen molar-refractivity contribution in [2.24, 2.45) is 0 Å². The second kappa shape index (κ2) is 13.5. The summed E-state index contributed by atoms with van der Waals surface area (Å²) in [6, 6.07) is 38.9. The third-order valence-corrected chi connectivity index (χ3v) is 8.74. The number of H-pyrrole nitrogens is 1. The van der Waals surface area contributed by atoms with E-state index in [1.807, 2.05) is 54.1 Å². The van der Waals surface area contributed by atoms with Crippen LogP contribution in [0.25, 0.3) is 10.9 Å². The fraction of sp³-hybridized carbons (Fsp3) is 0.243. The number of nitrogens with zero attached hydrogens (tertiary/aromatic N) is 6. The summed E-state index contributed by atoms with van der Waals surface area (Å²) in [5.74, 6) is 1.41. The Morgan fingerprint density at radius 3 is 2.00 bits per heavy atom. The van der Waals surface area contributed by atoms with Gasteiger partial charge >= 0.3 is 0 Å². The highest BCUT2D eigenvalue weighted by molar-refractivity contribution is 5.80. The van der Waals surface area contributed by atoms with Crippen molar-refractivity contribution in [3.63, 3.8) is 0 Å². The van der Waals surface area contributed by atoms with E-state index < -0.39 is 6.04 Å². The van der Waals surface area contributed by atoms with Gasteiger partial charge in [0.25, 0.3) is 5.56 Å². The number of pyridine rings is 1. The summed E-state index contributed by atoms with van der Waals surface area (Å²) in [4.78, 5) is 21.8. The number of nitrogens with one attached hydrogen (secondary N) is 1. The van der Waals surface area contributed by atoms with Gasteiger partial charge in [-0.1, -0.05) is 91.0 Å². The number of ether oxygens (including phenoxy) is 1. The van der Waals surface area contributed by atoms with E-state index in [-0.39, 0.29) is 11.6 Å². The molecule has 7 rings (SSSR count). The normalized spacial score (nSPS) is 14.9. The molecule has 1 aliphatic rings. The number of hydrogen-bond donors (Lipinski definition) is 1. The summed E-state index contributed by atoms with van der Waals surface area (Å²) in [5, 5.41) is 14.0. The van der Waals surface area contributed by atoms with Crippen molar-refractivity contribution >= 4 is 10.9 Å². The van der Waals surface area contributed by atoms with Crippen molar-refractivity contribution in [1.82, 2.24) is 35.0 Å². The van der Waals surface area contributed by atoms with Gasteiger partial charge in [-0.3, -0.25) is 14.6 Å². The van der Waals surface area contributed by atoms with Crippen molar-refractivity contribution in [2.45, 2.75) is 25.6 Å². The van der Waals surface area contributed by atoms with Crippen LogP contribution in [0.1, 0.15) is 47.1 Å². The molecule has 1 fully saturated rings. The smallest absolute Gasteiger partial charge is 0.253 e. The third kappa shape index (κ3) is 6.20. The first-order valence-electron chi connectivity index (χ1n) is 15.9. The van der Waals surface area contributed by atoms with Gasteiger partial charge in [-0.25, -0.2) is 4.68 Å². The van der Waals surface area contributed by atoms with E-state index in [0.29, 0.717) is 24.5 Å². The number of fused-ring (bicyclic) bond motifs is 1. The molecule has 1 aliphatic heterocycles. The van der Waals surface area contributed by atoms with Crippen LogP contribution in [-0.2, 0) is 6.54 Å². The number of aromatic nitrogens is 5. The Labute approximate surface area is 268 Å². The quantitative estimate of drug-likeness (QED) is 0.220. The first-order valence-corrected chi connectivity index (χ1v) is 15.9. The van der Waals surface area contributed by atoms with E-state index in [2.05, 4.69) is 103 Å². The van der Waals surface area contributed by atoms with Crippen LogP contribution in [0.4, 0.5) is 0 Å². The maximum atomic E-state index is 13.8. The Kier molecular flexibility index (Phi) is 8.67. The van der Waals surface area contributed by atoms with Crippen LogP contribution in [0.2, 0.25) is 0 Å². The van der Waals surface area contributed by atoms with Crippen molar-refractivity contribution in [1.29, 1.82) is 0 Å². The molecule has 232 valence electrons. The number of tetrazole rings is 1. The van der Waals surface area contributed by atoms with Gasteiger partial charge in [0.1, 0.15) is 11.8 Å². The molecule has 0 amide bonds. The Hall–Kier alpha value is -5.12. The van der Waals surface area contributed by atoms with Gasteiger partial charge in [0.05, 0.1) is 19.2 Å². The molecule has 0 aliphatic carbocycles. The summed E-state index contributed by atoms with van der Waals surface area (Å²) >= 11 is 0. The molecular weight excluding hydrogens is 574 g/mol. The lowest BCUT2D eigenvalue weighted by atomic mass is 9.96. The van der Waals surface area contributed by atoms with E-state index in [0.717, 1.165) is 48.4 Å². The fourth-order valence-electron chi connectivity index (χ4n) is 6.58. The molecule has 0 radical (unpaired) electrons. The molecule has 1 N–H and O–H groups in total. The molecule has 6 aromatic rings. The zero-order valence-corrected chi connectivity index (χ0v) is 25.9. The van der Waals surface area contributed by atoms with Crippen LogP contribution in [0.5, 0.6) is 5.75 Å². The SMILES string of the molecule is CCOc1ccc2[nH]c(=O)c([C@H](c3nnnn3Cc3ccccc3)N3CCN(C(c4ccccc4)c4ccccc4)CC3)cc2c1. The first kappa shape index (κ1) is 29.6. The summed E-state index contributed by atoms with van der Waals surface area (Å²) in [5.41, 5.74) is 4.84. The topological polar surface area (TPSA) is 92.2 Å². The average molecular weight is 612 g/mol. The Balaban J connectivity index is 1.25. The Bertz CT molecular complexity index is 1900. The molecule has 46 heavy (non-hydrogen) atoms. The molecule has 9 nitrogen and oxygen atoms in total. The van der Waals surface area contributed by atoms with Gasteiger partial charge in [0.15, 0.2) is 5.82 Å². The van der Waals surface area contributed by atoms with Crippen molar-refractivity contribution in [2.75, 3.05) is 32.8 Å². The lowest BCUT2D eigenvalue weighted by Crippen LogP contribution is -2.50. The largest absolute Gasteiger partial charge is 0.494 e. The van der Waals surface area contributed by atoms with Crippen LogP contribution in [0, 0.1) is 0 Å². The molecule has 3 heterocycles. The van der Waals surface area contributed by atoms with Gasteiger partial charge in [0, 0.05) is 42.6 Å². The summed E-state index contributed by atoms with van der Waals surface area (Å²) < 4.78 is 7.60. The number of benzene rings is 4. The van der Waals surface area contributed by atoms with Gasteiger partial charge < -0.3 is 9.72 Å². The van der Waals surface area contributed by atoms with Crippen molar-refractivity contribution in [3.8, 4) is 5.75 Å². The van der Waals surface area contributed by atoms with Gasteiger partial charge in [-0.2, -0.15) is 0 Å². The second-order valence-corrected chi connectivity index (χ2v) is 11.6. The molecule has 4 aromatic carbocycles. The predicted molar refractivity (Wildman–Crippen MR) is 179 cm³/mol. The molecule has 1 saturated heterocycles. The van der Waals surface area contributed by atoms with Gasteiger partial charge in [-0.15, -0.1) is 5.10 Å². The molecule has 0 spiro atoms. The summed E-state index contributed by atoms with van der Waals surface area (Å²) in [6.07, 6.45) is 0. The van der Waals surface area contributed by atoms with Crippen LogP contribution in [0.3, 0.4) is 0 Å². The van der Waals surface area contributed by atoms with Gasteiger partial charge in [-0.05, 0) is 58.3 Å². The Morgan fingerprint density at radius 2 is 1.37 bits per heavy atom. The Morgan fingerprint density at radius 1 is 0.761 bits per heavy atom. The number of rotatable bonds is 10. The lowest BCUT2D eigenvalue weighted by molar-refractivity contribution is 0.0857. The predicted octanol–water partition coefficient (Wildman–Crippen LogP) is 5.46. The lowest BCUT2D eigenvalue weighted by Gasteiger charge is -2.42. The summed E-state index contributed by atoms with van der Waals surface area (Å²) in [7, 11) is 0. The minimum Gasteiger partial charge on any atom is -0.494 e. The van der Waals surface area contributed by atoms with E-state index in [1.165, 1.54) is 11.1 Å². The number of aromatic amines is 1. The average Bonchev–Trinajstić information content (AvgIpc) is 3.55. The monoisotopic (exact) mass is 611 g/mol. The molecule has 1 atom stereocenters. The maximum absolute atomic E-state index is 13.8. The van der Waals surface area contributed by atoms with E-state index in [9.17, 15) is 4.79 Å². The van der Waals surface area contributed by atoms with Crippen LogP contribution in [-0.4, -0.2) is 67.8 Å². The highest BCUT2D eigenvalue weighted by Crippen LogP contribution is 2.33. The fourth-order valence-corrected chi connectivity index (χ4v) is 6.58. The molecule has 0 saturated carbocycles. The summed E-state index contributed by atoms with van der Waals surface area (Å²) in [6.45, 7) is 6.12. The second-order valence-electron chi connectivity index (χ2n) is 11.6. The highest BCUT2D eigenvalue weighted by atomic mass is 16.5. The molecular formula is C37H37N7O2. The van der Waals surface area contributed by atoms with Crippen molar-refractivity contribution < 1.29 is 4.74 Å². The van der Waals surface area contributed by atoms with E-state index >= 15 is 0 Å². The highest BCUT2D eigenvalue weighted by Gasteiger charge is 2.35. The first-order chi connectivity index (χ1) is 22.7. The molecule has 9 heteroatoms. The minimum atomic E-state index is -0.448. The maximum Gasteiger partial charge on any atom is 0.253 e. The molecule has 2 aromatic heterocycles. The standard InChI is InChI=1S/C37H37N7O2/c1-2-46-31-18-19-33-30(24-31)25-32(37(45)38-33)35(36-39-40-41-44(36)26-27-12-6-3-7-13-27)43-22-20-42(21-23-43)34(28-14-8-4-9-15-28)29-16-10-5-11-17-29/h3-19,24-25,34-35H,2,20-23,26H2,1H3,(H,38,45)/t35-/m1/s1. The third-order valence-electron chi connectivity index (χ3n) is 8.74. The van der Waals surface area contributed by atoms with Crippen LogP contribution < -0.4 is 10.3 Å². The molecule has 0 bridgehead atoms. The van der Waals surface area contributed by atoms with Crippen LogP contribution >= 0.6 is 0 Å². The molecule has 0 unspecified atom stereocenters. The zero-order chi connectivity index (χ0) is 31.3. The minimum absolute atomic E-state index is 0.132. The zero-order valence-electron chi connectivity index (χ0n) is 25.9. The van der Waals surface area contributed by atoms with E-state index in [4.69, 9.17) is 4.74 Å². The van der Waals surface area contributed by atoms with Crippen LogP contribution in [0.15, 0.2) is 120 Å². The van der Waals surface area contributed by atoms with E-state index in [1.54, 1.807) is 0 Å². The number of hydrogen-bond acceptors (Lipinski definition) is 7. The van der Waals surface area contributed by atoms with Gasteiger partial charge in [0.2, 0.25) is 0 Å².